The first-order valence-corrected chi connectivity index (χ1v) is 10.2. The van der Waals surface area contributed by atoms with Crippen LogP contribution >= 0.6 is 11.3 Å². The van der Waals surface area contributed by atoms with Crippen LogP contribution in [0.2, 0.25) is 0 Å². The van der Waals surface area contributed by atoms with Crippen molar-refractivity contribution in [3.63, 3.8) is 0 Å². The first-order chi connectivity index (χ1) is 15.0. The Morgan fingerprint density at radius 1 is 1.23 bits per heavy atom. The minimum Gasteiger partial charge on any atom is -0.457 e. The molecule has 156 valence electrons. The van der Waals surface area contributed by atoms with E-state index in [1.54, 1.807) is 24.3 Å². The number of aromatic nitrogens is 2. The topological polar surface area (TPSA) is 138 Å². The predicted octanol–water partition coefficient (Wildman–Crippen LogP) is 3.85. The Kier molecular flexibility index (Phi) is 5.72. The molecule has 1 N–H and O–H groups in total. The van der Waals surface area contributed by atoms with Crippen molar-refractivity contribution in [3.8, 4) is 17.4 Å². The molecule has 1 aromatic carbocycles. The average Bonchev–Trinajstić information content (AvgIpc) is 3.53. The van der Waals surface area contributed by atoms with Crippen LogP contribution in [-0.2, 0) is 4.79 Å². The van der Waals surface area contributed by atoms with Gasteiger partial charge in [0.2, 0.25) is 10.3 Å². The number of amides is 1. The number of anilines is 2. The van der Waals surface area contributed by atoms with Gasteiger partial charge < -0.3 is 9.32 Å². The fourth-order valence-electron chi connectivity index (χ4n) is 3.09. The third-order valence-electron chi connectivity index (χ3n) is 4.65. The zero-order chi connectivity index (χ0) is 21.8. The molecule has 0 spiro atoms. The number of nitro benzene ring substituents is 1. The number of hydrogen-bond acceptors (Lipinski definition) is 9. The summed E-state index contributed by atoms with van der Waals surface area (Å²) < 4.78 is 5.66. The number of rotatable bonds is 6. The lowest BCUT2D eigenvalue weighted by molar-refractivity contribution is -0.384. The maximum absolute atomic E-state index is 12.5. The van der Waals surface area contributed by atoms with E-state index in [-0.39, 0.29) is 11.3 Å². The van der Waals surface area contributed by atoms with E-state index in [1.807, 2.05) is 6.07 Å². The highest BCUT2D eigenvalue weighted by molar-refractivity contribution is 7.19. The lowest BCUT2D eigenvalue weighted by Gasteiger charge is -2.10. The molecule has 0 radical (unpaired) electrons. The maximum Gasteiger partial charge on any atom is 0.269 e. The van der Waals surface area contributed by atoms with Gasteiger partial charge in [0.25, 0.3) is 11.6 Å². The molecule has 1 aliphatic heterocycles. The van der Waals surface area contributed by atoms with Crippen LogP contribution in [0.5, 0.6) is 0 Å². The van der Waals surface area contributed by atoms with Crippen molar-refractivity contribution in [2.45, 2.75) is 12.8 Å². The van der Waals surface area contributed by atoms with Crippen LogP contribution in [-0.4, -0.2) is 34.1 Å². The minimum absolute atomic E-state index is 0.0246. The van der Waals surface area contributed by atoms with E-state index in [0.29, 0.717) is 22.2 Å². The van der Waals surface area contributed by atoms with Gasteiger partial charge in [0.1, 0.15) is 23.2 Å². The summed E-state index contributed by atoms with van der Waals surface area (Å²) in [6.45, 7) is 1.84. The standard InChI is InChI=1S/C20H16N6O4S/c21-12-14(18(27)22-19-23-24-20(31-19)25-9-1-2-10-25)11-16-7-8-17(30-16)13-3-5-15(6-4-13)26(28)29/h3-8,11H,1-2,9-10H2,(H,22,23,27)/b14-11-. The molecule has 3 heterocycles. The van der Waals surface area contributed by atoms with Gasteiger partial charge in [-0.25, -0.2) is 0 Å². The van der Waals surface area contributed by atoms with Crippen molar-refractivity contribution in [2.24, 2.45) is 0 Å². The monoisotopic (exact) mass is 436 g/mol. The molecule has 0 bridgehead atoms. The van der Waals surface area contributed by atoms with Gasteiger partial charge in [-0.05, 0) is 37.1 Å². The smallest absolute Gasteiger partial charge is 0.269 e. The number of hydrogen-bond donors (Lipinski definition) is 1. The largest absolute Gasteiger partial charge is 0.457 e. The Hall–Kier alpha value is -4.04. The molecule has 0 atom stereocenters. The number of non-ortho nitro benzene ring substituents is 1. The van der Waals surface area contributed by atoms with Crippen LogP contribution in [0.3, 0.4) is 0 Å². The van der Waals surface area contributed by atoms with Crippen LogP contribution in [0.25, 0.3) is 17.4 Å². The third-order valence-corrected chi connectivity index (χ3v) is 5.55. The number of furan rings is 1. The summed E-state index contributed by atoms with van der Waals surface area (Å²) in [5.41, 5.74) is 0.461. The Balaban J connectivity index is 1.46. The van der Waals surface area contributed by atoms with E-state index in [1.165, 1.54) is 29.5 Å². The molecule has 4 rings (SSSR count). The van der Waals surface area contributed by atoms with E-state index in [9.17, 15) is 20.2 Å². The van der Waals surface area contributed by atoms with Gasteiger partial charge in [-0.15, -0.1) is 10.2 Å². The maximum atomic E-state index is 12.5. The van der Waals surface area contributed by atoms with E-state index in [0.717, 1.165) is 31.1 Å². The molecule has 10 nitrogen and oxygen atoms in total. The zero-order valence-electron chi connectivity index (χ0n) is 16.1. The van der Waals surface area contributed by atoms with Gasteiger partial charge in [-0.2, -0.15) is 5.26 Å². The summed E-state index contributed by atoms with van der Waals surface area (Å²) in [6, 6.07) is 11.0. The first-order valence-electron chi connectivity index (χ1n) is 9.40. The molecule has 11 heteroatoms. The molecular weight excluding hydrogens is 420 g/mol. The number of nitriles is 1. The first kappa shape index (κ1) is 20.2. The highest BCUT2D eigenvalue weighted by Crippen LogP contribution is 2.28. The van der Waals surface area contributed by atoms with Crippen molar-refractivity contribution in [1.82, 2.24) is 10.2 Å². The van der Waals surface area contributed by atoms with Crippen LogP contribution in [0.1, 0.15) is 18.6 Å². The highest BCUT2D eigenvalue weighted by Gasteiger charge is 2.19. The summed E-state index contributed by atoms with van der Waals surface area (Å²) >= 11 is 1.26. The summed E-state index contributed by atoms with van der Waals surface area (Å²) in [5.74, 6) is 0.146. The van der Waals surface area contributed by atoms with Gasteiger partial charge in [-0.1, -0.05) is 11.3 Å². The normalized spacial score (nSPS) is 13.8. The number of nitro groups is 1. The number of benzene rings is 1. The predicted molar refractivity (Wildman–Crippen MR) is 114 cm³/mol. The molecule has 2 aromatic heterocycles. The molecule has 0 aliphatic carbocycles. The second-order valence-electron chi connectivity index (χ2n) is 6.71. The lowest BCUT2D eigenvalue weighted by atomic mass is 10.1. The van der Waals surface area contributed by atoms with Gasteiger partial charge in [0.15, 0.2) is 0 Å². The van der Waals surface area contributed by atoms with Crippen LogP contribution in [0.4, 0.5) is 16.0 Å². The van der Waals surface area contributed by atoms with Crippen molar-refractivity contribution in [1.29, 1.82) is 5.26 Å². The van der Waals surface area contributed by atoms with Gasteiger partial charge in [-0.3, -0.25) is 20.2 Å². The number of nitrogens with one attached hydrogen (secondary N) is 1. The molecule has 1 fully saturated rings. The molecule has 1 amide bonds. The number of carbonyl (C=O) groups excluding carboxylic acids is 1. The van der Waals surface area contributed by atoms with E-state index in [2.05, 4.69) is 20.4 Å². The number of nitrogens with zero attached hydrogens (tertiary/aromatic N) is 5. The second-order valence-corrected chi connectivity index (χ2v) is 7.67. The van der Waals surface area contributed by atoms with E-state index >= 15 is 0 Å². The molecule has 1 aliphatic rings. The van der Waals surface area contributed by atoms with Crippen molar-refractivity contribution < 1.29 is 14.1 Å². The highest BCUT2D eigenvalue weighted by atomic mass is 32.1. The zero-order valence-corrected chi connectivity index (χ0v) is 17.0. The SMILES string of the molecule is N#C/C(=C/c1ccc(-c2ccc([N+](=O)[O-])cc2)o1)C(=O)Nc1nnc(N2CCCC2)s1. The molecule has 0 saturated carbocycles. The Bertz CT molecular complexity index is 1180. The minimum atomic E-state index is -0.611. The fraction of sp³-hybridized carbons (Fsp3) is 0.200. The van der Waals surface area contributed by atoms with Gasteiger partial charge in [0, 0.05) is 36.9 Å². The molecule has 1 saturated heterocycles. The molecule has 0 unspecified atom stereocenters. The lowest BCUT2D eigenvalue weighted by Crippen LogP contribution is -2.17. The van der Waals surface area contributed by atoms with Crippen LogP contribution in [0.15, 0.2) is 46.4 Å². The summed E-state index contributed by atoms with van der Waals surface area (Å²) in [6.07, 6.45) is 3.54. The Morgan fingerprint density at radius 3 is 2.65 bits per heavy atom. The van der Waals surface area contributed by atoms with Gasteiger partial charge in [0.05, 0.1) is 4.92 Å². The molecule has 31 heavy (non-hydrogen) atoms. The Labute approximate surface area is 180 Å². The van der Waals surface area contributed by atoms with Crippen LogP contribution in [0, 0.1) is 21.4 Å². The quantitative estimate of drug-likeness (QED) is 0.266. The summed E-state index contributed by atoms with van der Waals surface area (Å²) in [7, 11) is 0. The van der Waals surface area contributed by atoms with Crippen molar-refractivity contribution >= 4 is 39.3 Å². The van der Waals surface area contributed by atoms with E-state index in [4.69, 9.17) is 4.42 Å². The van der Waals surface area contributed by atoms with Gasteiger partial charge >= 0.3 is 0 Å². The summed E-state index contributed by atoms with van der Waals surface area (Å²) in [4.78, 5) is 24.9. The van der Waals surface area contributed by atoms with Crippen molar-refractivity contribution in [2.75, 3.05) is 23.3 Å². The molecular formula is C20H16N6O4S. The van der Waals surface area contributed by atoms with Crippen molar-refractivity contribution in [3.05, 3.63) is 57.8 Å². The molecule has 3 aromatic rings. The second kappa shape index (κ2) is 8.76. The fourth-order valence-corrected chi connectivity index (χ4v) is 3.88. The Morgan fingerprint density at radius 2 is 1.97 bits per heavy atom. The van der Waals surface area contributed by atoms with Crippen LogP contribution < -0.4 is 10.2 Å². The summed E-state index contributed by atoms with van der Waals surface area (Å²) in [5, 5.41) is 31.9. The van der Waals surface area contributed by atoms with E-state index < -0.39 is 10.8 Å². The number of carbonyl (C=O) groups is 1. The third kappa shape index (κ3) is 4.59. The average molecular weight is 436 g/mol.